The highest BCUT2D eigenvalue weighted by Gasteiger charge is 2.44. The van der Waals surface area contributed by atoms with Crippen molar-refractivity contribution in [3.05, 3.63) is 35.6 Å². The van der Waals surface area contributed by atoms with Gasteiger partial charge >= 0.3 is 0 Å². The maximum atomic E-state index is 13.0. The molecule has 1 rings (SSSR count). The lowest BCUT2D eigenvalue weighted by Gasteiger charge is -2.29. The summed E-state index contributed by atoms with van der Waals surface area (Å²) >= 11 is 3.07. The Hall–Kier alpha value is -0.460. The Morgan fingerprint density at radius 1 is 1.53 bits per heavy atom. The van der Waals surface area contributed by atoms with Crippen molar-refractivity contribution in [1.82, 2.24) is 0 Å². The highest BCUT2D eigenvalue weighted by atomic mass is 79.9. The van der Waals surface area contributed by atoms with E-state index < -0.39 is 25.4 Å². The van der Waals surface area contributed by atoms with Gasteiger partial charge in [0, 0.05) is 6.26 Å². The van der Waals surface area contributed by atoms with Crippen LogP contribution in [-0.2, 0) is 9.84 Å². The normalized spacial score (nSPS) is 17.5. The van der Waals surface area contributed by atoms with E-state index in [-0.39, 0.29) is 12.0 Å². The Morgan fingerprint density at radius 2 is 2.12 bits per heavy atom. The molecule has 0 aliphatic heterocycles. The van der Waals surface area contributed by atoms with Crippen molar-refractivity contribution in [3.63, 3.8) is 0 Å². The van der Waals surface area contributed by atoms with Gasteiger partial charge in [-0.05, 0) is 24.1 Å². The smallest absolute Gasteiger partial charge is 0.166 e. The fourth-order valence-corrected chi connectivity index (χ4v) is 2.91. The van der Waals surface area contributed by atoms with Gasteiger partial charge in [0.05, 0.1) is 0 Å². The van der Waals surface area contributed by atoms with Gasteiger partial charge in [0.15, 0.2) is 13.5 Å². The van der Waals surface area contributed by atoms with Crippen molar-refractivity contribution in [2.45, 2.75) is 23.1 Å². The van der Waals surface area contributed by atoms with E-state index in [2.05, 4.69) is 15.9 Å². The van der Waals surface area contributed by atoms with Crippen LogP contribution in [0.2, 0.25) is 0 Å². The Bertz CT molecular complexity index is 503. The molecule has 0 spiro atoms. The molecule has 0 aromatic heterocycles. The summed E-state index contributed by atoms with van der Waals surface area (Å²) in [5.74, 6) is -0.513. The predicted octanol–water partition coefficient (Wildman–Crippen LogP) is 2.40. The van der Waals surface area contributed by atoms with Crippen molar-refractivity contribution in [3.8, 4) is 0 Å². The van der Waals surface area contributed by atoms with Crippen LogP contribution in [0.5, 0.6) is 0 Å². The average Bonchev–Trinajstić information content (AvgIpc) is 2.25. The summed E-state index contributed by atoms with van der Waals surface area (Å²) in [6, 6.07) is 5.28. The molecule has 17 heavy (non-hydrogen) atoms. The number of sulfone groups is 1. The molecule has 0 aliphatic rings. The molecule has 2 atom stereocenters. The summed E-state index contributed by atoms with van der Waals surface area (Å²) in [7, 11) is -3.53. The van der Waals surface area contributed by atoms with Crippen LogP contribution < -0.4 is 0 Å². The lowest BCUT2D eigenvalue weighted by Crippen LogP contribution is -2.37. The molecular formula is C11H14BrFO3S. The molecule has 96 valence electrons. The first-order valence-corrected chi connectivity index (χ1v) is 7.73. The zero-order valence-corrected chi connectivity index (χ0v) is 11.9. The Labute approximate surface area is 109 Å². The van der Waals surface area contributed by atoms with E-state index in [4.69, 9.17) is 0 Å². The number of aliphatic hydroxyl groups excluding tert-OH is 1. The van der Waals surface area contributed by atoms with Gasteiger partial charge in [-0.1, -0.05) is 35.0 Å². The first-order valence-electron chi connectivity index (χ1n) is 5.04. The Kier molecular flexibility index (Phi) is 4.33. The fourth-order valence-electron chi connectivity index (χ4n) is 1.58. The molecule has 0 saturated carbocycles. The van der Waals surface area contributed by atoms with Crippen molar-refractivity contribution < 1.29 is 17.9 Å². The molecule has 0 fully saturated rings. The van der Waals surface area contributed by atoms with Gasteiger partial charge in [0.25, 0.3) is 0 Å². The van der Waals surface area contributed by atoms with E-state index in [1.54, 1.807) is 6.92 Å². The van der Waals surface area contributed by atoms with E-state index in [0.29, 0.717) is 0 Å². The first kappa shape index (κ1) is 14.6. The number of aliphatic hydroxyl groups is 1. The third-order valence-corrected chi connectivity index (χ3v) is 7.17. The number of alkyl halides is 1. The number of benzene rings is 1. The van der Waals surface area contributed by atoms with E-state index >= 15 is 0 Å². The molecule has 0 amide bonds. The maximum absolute atomic E-state index is 13.0. The molecule has 1 N–H and O–H groups in total. The quantitative estimate of drug-likeness (QED) is 0.865. The minimum Gasteiger partial charge on any atom is -0.386 e. The highest BCUT2D eigenvalue weighted by Crippen LogP contribution is 2.41. The van der Waals surface area contributed by atoms with Gasteiger partial charge in [0.2, 0.25) is 0 Å². The average molecular weight is 325 g/mol. The number of hydrogen-bond acceptors (Lipinski definition) is 3. The monoisotopic (exact) mass is 324 g/mol. The highest BCUT2D eigenvalue weighted by molar-refractivity contribution is 9.11. The van der Waals surface area contributed by atoms with Crippen LogP contribution in [0.3, 0.4) is 0 Å². The zero-order valence-electron chi connectivity index (χ0n) is 9.52. The second-order valence-electron chi connectivity index (χ2n) is 3.87. The van der Waals surface area contributed by atoms with Crippen LogP contribution in [0, 0.1) is 5.82 Å². The molecule has 0 aliphatic carbocycles. The lowest BCUT2D eigenvalue weighted by molar-refractivity contribution is 0.160. The van der Waals surface area contributed by atoms with E-state index in [0.717, 1.165) is 12.3 Å². The summed E-state index contributed by atoms with van der Waals surface area (Å²) in [5.41, 5.74) is 0.231. The zero-order chi connectivity index (χ0) is 13.3. The third-order valence-electron chi connectivity index (χ3n) is 2.67. The minimum atomic E-state index is -3.53. The van der Waals surface area contributed by atoms with Gasteiger partial charge in [-0.15, -0.1) is 0 Å². The second-order valence-corrected chi connectivity index (χ2v) is 8.08. The van der Waals surface area contributed by atoms with Crippen molar-refractivity contribution in [2.24, 2.45) is 0 Å². The van der Waals surface area contributed by atoms with Crippen LogP contribution in [-0.4, -0.2) is 23.4 Å². The van der Waals surface area contributed by atoms with E-state index in [1.165, 1.54) is 18.2 Å². The summed E-state index contributed by atoms with van der Waals surface area (Å²) in [4.78, 5) is 0. The fraction of sp³-hybridized carbons (Fsp3) is 0.455. The molecule has 0 heterocycles. The topological polar surface area (TPSA) is 54.4 Å². The minimum absolute atomic E-state index is 0.170. The van der Waals surface area contributed by atoms with Crippen molar-refractivity contribution >= 4 is 25.8 Å². The predicted molar refractivity (Wildman–Crippen MR) is 68.2 cm³/mol. The standard InChI is InChI=1S/C11H14BrFO3S/c1-3-11(12,17(2,15)16)10(14)8-5-4-6-9(13)7-8/h4-7,10,14H,3H2,1-2H3. The number of halogens is 2. The summed E-state index contributed by atoms with van der Waals surface area (Å²) < 4.78 is 34.9. The van der Waals surface area contributed by atoms with Gasteiger partial charge in [-0.2, -0.15) is 0 Å². The van der Waals surface area contributed by atoms with Gasteiger partial charge in [0.1, 0.15) is 11.9 Å². The molecule has 6 heteroatoms. The van der Waals surface area contributed by atoms with Crippen LogP contribution in [0.1, 0.15) is 25.0 Å². The number of rotatable bonds is 4. The summed E-state index contributed by atoms with van der Waals surface area (Å²) in [5, 5.41) is 10.1. The molecule has 0 bridgehead atoms. The van der Waals surface area contributed by atoms with Gasteiger partial charge < -0.3 is 5.11 Å². The van der Waals surface area contributed by atoms with Crippen LogP contribution in [0.25, 0.3) is 0 Å². The Morgan fingerprint density at radius 3 is 2.53 bits per heavy atom. The van der Waals surface area contributed by atoms with Crippen LogP contribution in [0.4, 0.5) is 4.39 Å². The van der Waals surface area contributed by atoms with Crippen LogP contribution in [0.15, 0.2) is 24.3 Å². The van der Waals surface area contributed by atoms with Gasteiger partial charge in [-0.25, -0.2) is 12.8 Å². The molecule has 1 aromatic rings. The van der Waals surface area contributed by atoms with E-state index in [9.17, 15) is 17.9 Å². The van der Waals surface area contributed by atoms with Crippen molar-refractivity contribution in [1.29, 1.82) is 0 Å². The maximum Gasteiger partial charge on any atom is 0.166 e. The SMILES string of the molecule is CCC(Br)(C(O)c1cccc(F)c1)S(C)(=O)=O. The molecule has 2 unspecified atom stereocenters. The molecule has 3 nitrogen and oxygen atoms in total. The summed E-state index contributed by atoms with van der Waals surface area (Å²) in [6.45, 7) is 1.64. The molecular weight excluding hydrogens is 311 g/mol. The Balaban J connectivity index is 3.24. The second kappa shape index (κ2) is 5.04. The molecule has 0 radical (unpaired) electrons. The van der Waals surface area contributed by atoms with Gasteiger partial charge in [-0.3, -0.25) is 0 Å². The van der Waals surface area contributed by atoms with Crippen LogP contribution >= 0.6 is 15.9 Å². The van der Waals surface area contributed by atoms with E-state index in [1.807, 2.05) is 0 Å². The first-order chi connectivity index (χ1) is 7.72. The number of hydrogen-bond donors (Lipinski definition) is 1. The summed E-state index contributed by atoms with van der Waals surface area (Å²) in [6.07, 6.45) is -0.115. The molecule has 1 aromatic carbocycles. The largest absolute Gasteiger partial charge is 0.386 e. The third kappa shape index (κ3) is 2.86. The lowest BCUT2D eigenvalue weighted by atomic mass is 10.0. The van der Waals surface area contributed by atoms with Crippen molar-refractivity contribution in [2.75, 3.05) is 6.26 Å². The molecule has 0 saturated heterocycles.